The lowest BCUT2D eigenvalue weighted by Gasteiger charge is -2.30. The number of ether oxygens (including phenoxy) is 1. The first-order chi connectivity index (χ1) is 5.46. The van der Waals surface area contributed by atoms with Crippen LogP contribution in [0.1, 0.15) is 34.1 Å². The number of carbonyl (C=O) groups is 1. The van der Waals surface area contributed by atoms with Gasteiger partial charge in [0.25, 0.3) is 0 Å². The van der Waals surface area contributed by atoms with E-state index in [1.54, 1.807) is 6.92 Å². The fourth-order valence-corrected chi connectivity index (χ4v) is 0.807. The van der Waals surface area contributed by atoms with Crippen molar-refractivity contribution >= 4 is 6.16 Å². The van der Waals surface area contributed by atoms with E-state index in [0.717, 1.165) is 0 Å². The van der Waals surface area contributed by atoms with Crippen molar-refractivity contribution in [1.82, 2.24) is 0 Å². The summed E-state index contributed by atoms with van der Waals surface area (Å²) in [7, 11) is 0. The highest BCUT2D eigenvalue weighted by Crippen LogP contribution is 2.25. The molecule has 4 heteroatoms. The average molecular weight is 176 g/mol. The zero-order valence-electron chi connectivity index (χ0n) is 7.96. The third-order valence-corrected chi connectivity index (χ3v) is 2.31. The summed E-state index contributed by atoms with van der Waals surface area (Å²) in [6, 6.07) is 0. The van der Waals surface area contributed by atoms with Crippen LogP contribution < -0.4 is 0 Å². The summed E-state index contributed by atoms with van der Waals surface area (Å²) in [4.78, 5) is 14.0. The summed E-state index contributed by atoms with van der Waals surface area (Å²) < 4.78 is 4.89. The van der Waals surface area contributed by atoms with E-state index >= 15 is 0 Å². The molecule has 12 heavy (non-hydrogen) atoms. The van der Waals surface area contributed by atoms with Gasteiger partial charge in [0.1, 0.15) is 5.60 Å². The highest BCUT2D eigenvalue weighted by Gasteiger charge is 2.31. The Balaban J connectivity index is 4.23. The van der Waals surface area contributed by atoms with Crippen molar-refractivity contribution in [3.05, 3.63) is 0 Å². The Bertz CT molecular complexity index is 155. The molecule has 0 amide bonds. The highest BCUT2D eigenvalue weighted by atomic mass is 17.1. The fourth-order valence-electron chi connectivity index (χ4n) is 0.807. The van der Waals surface area contributed by atoms with Crippen LogP contribution in [0.25, 0.3) is 0 Å². The zero-order valence-corrected chi connectivity index (χ0v) is 7.96. The Morgan fingerprint density at radius 1 is 1.58 bits per heavy atom. The average Bonchev–Trinajstić information content (AvgIpc) is 2.03. The van der Waals surface area contributed by atoms with Crippen molar-refractivity contribution in [1.29, 1.82) is 0 Å². The molecule has 1 atom stereocenters. The first-order valence-electron chi connectivity index (χ1n) is 4.00. The molecule has 1 unspecified atom stereocenters. The topological polar surface area (TPSA) is 55.8 Å². The second-order valence-electron chi connectivity index (χ2n) is 3.26. The molecular formula is C8H16O4. The Hall–Kier alpha value is -0.770. The molecule has 0 aromatic heterocycles. The minimum absolute atomic E-state index is 0.182. The molecule has 0 saturated carbocycles. The molecule has 0 radical (unpaired) electrons. The van der Waals surface area contributed by atoms with E-state index in [1.807, 2.05) is 20.8 Å². The third kappa shape index (κ3) is 2.70. The van der Waals surface area contributed by atoms with Crippen LogP contribution in [0.4, 0.5) is 4.79 Å². The largest absolute Gasteiger partial charge is 0.540 e. The van der Waals surface area contributed by atoms with Crippen molar-refractivity contribution in [3.8, 4) is 0 Å². The smallest absolute Gasteiger partial charge is 0.426 e. The van der Waals surface area contributed by atoms with Crippen LogP contribution in [0.5, 0.6) is 0 Å². The van der Waals surface area contributed by atoms with E-state index in [1.165, 1.54) is 0 Å². The second kappa shape index (κ2) is 4.30. The molecule has 0 aliphatic rings. The van der Waals surface area contributed by atoms with Gasteiger partial charge >= 0.3 is 6.16 Å². The summed E-state index contributed by atoms with van der Waals surface area (Å²) in [5.41, 5.74) is -0.570. The van der Waals surface area contributed by atoms with Crippen LogP contribution in [-0.2, 0) is 9.62 Å². The molecule has 0 aromatic rings. The normalized spacial score (nSPS) is 15.5. The van der Waals surface area contributed by atoms with Gasteiger partial charge in [0.2, 0.25) is 0 Å². The van der Waals surface area contributed by atoms with Gasteiger partial charge in [-0.25, -0.2) is 4.79 Å². The Morgan fingerprint density at radius 2 is 2.08 bits per heavy atom. The summed E-state index contributed by atoms with van der Waals surface area (Å²) in [6.45, 7) is 7.58. The van der Waals surface area contributed by atoms with Crippen LogP contribution in [-0.4, -0.2) is 17.0 Å². The molecule has 0 rings (SSSR count). The van der Waals surface area contributed by atoms with Crippen molar-refractivity contribution in [3.63, 3.8) is 0 Å². The molecule has 0 spiro atoms. The molecule has 0 aliphatic carbocycles. The quantitative estimate of drug-likeness (QED) is 0.407. The van der Waals surface area contributed by atoms with Crippen molar-refractivity contribution in [2.24, 2.45) is 5.92 Å². The van der Waals surface area contributed by atoms with E-state index in [9.17, 15) is 4.79 Å². The van der Waals surface area contributed by atoms with Crippen molar-refractivity contribution < 1.29 is 19.7 Å². The maximum absolute atomic E-state index is 10.6. The minimum atomic E-state index is -1.05. The Labute approximate surface area is 72.4 Å². The lowest BCUT2D eigenvalue weighted by molar-refractivity contribution is -0.216. The number of rotatable bonds is 3. The van der Waals surface area contributed by atoms with Gasteiger partial charge < -0.3 is 4.74 Å². The first kappa shape index (κ1) is 11.2. The summed E-state index contributed by atoms with van der Waals surface area (Å²) in [5.74, 6) is 0.182. The van der Waals surface area contributed by atoms with E-state index in [0.29, 0.717) is 6.42 Å². The van der Waals surface area contributed by atoms with Gasteiger partial charge in [-0.05, 0) is 19.3 Å². The lowest BCUT2D eigenvalue weighted by atomic mass is 9.90. The third-order valence-electron chi connectivity index (χ3n) is 2.31. The fraction of sp³-hybridized carbons (Fsp3) is 0.875. The molecule has 0 bridgehead atoms. The number of carbonyl (C=O) groups excluding carboxylic acids is 1. The van der Waals surface area contributed by atoms with Gasteiger partial charge in [-0.3, -0.25) is 4.89 Å². The van der Waals surface area contributed by atoms with Gasteiger partial charge in [0.15, 0.2) is 0 Å². The molecule has 0 heterocycles. The van der Waals surface area contributed by atoms with Gasteiger partial charge in [-0.1, -0.05) is 20.8 Å². The second-order valence-corrected chi connectivity index (χ2v) is 3.26. The molecule has 0 aliphatic heterocycles. The number of hydrogen-bond donors (Lipinski definition) is 1. The van der Waals surface area contributed by atoms with Crippen LogP contribution in [0, 0.1) is 5.92 Å². The molecule has 0 fully saturated rings. The Kier molecular flexibility index (Phi) is 4.03. The highest BCUT2D eigenvalue weighted by molar-refractivity contribution is 5.59. The maximum atomic E-state index is 10.6. The molecule has 0 aromatic carbocycles. The van der Waals surface area contributed by atoms with E-state index in [4.69, 9.17) is 9.99 Å². The predicted molar refractivity (Wildman–Crippen MR) is 43.7 cm³/mol. The van der Waals surface area contributed by atoms with Gasteiger partial charge in [0.05, 0.1) is 0 Å². The first-order valence-corrected chi connectivity index (χ1v) is 4.00. The SMILES string of the molecule is CCC(C)(OC(=O)OO)C(C)C. The standard InChI is InChI=1S/C8H16O4/c1-5-8(4,6(2)3)11-7(9)12-10/h6,10H,5H2,1-4H3. The van der Waals surface area contributed by atoms with Gasteiger partial charge in [-0.15, -0.1) is 0 Å². The summed E-state index contributed by atoms with van der Waals surface area (Å²) in [5, 5.41) is 8.00. The van der Waals surface area contributed by atoms with Gasteiger partial charge in [-0.2, -0.15) is 5.26 Å². The monoisotopic (exact) mass is 176 g/mol. The summed E-state index contributed by atoms with van der Waals surface area (Å²) >= 11 is 0. The number of hydrogen-bond acceptors (Lipinski definition) is 4. The minimum Gasteiger partial charge on any atom is -0.426 e. The maximum Gasteiger partial charge on any atom is 0.540 e. The van der Waals surface area contributed by atoms with E-state index in [-0.39, 0.29) is 5.92 Å². The molecule has 4 nitrogen and oxygen atoms in total. The van der Waals surface area contributed by atoms with Crippen molar-refractivity contribution in [2.45, 2.75) is 39.7 Å². The van der Waals surface area contributed by atoms with Gasteiger partial charge in [0, 0.05) is 0 Å². The molecule has 72 valence electrons. The van der Waals surface area contributed by atoms with Crippen LogP contribution >= 0.6 is 0 Å². The van der Waals surface area contributed by atoms with E-state index < -0.39 is 11.8 Å². The predicted octanol–water partition coefficient (Wildman–Crippen LogP) is 2.44. The summed E-state index contributed by atoms with van der Waals surface area (Å²) in [6.07, 6.45) is -0.368. The van der Waals surface area contributed by atoms with E-state index in [2.05, 4.69) is 4.89 Å². The lowest BCUT2D eigenvalue weighted by Crippen LogP contribution is -2.36. The molecular weight excluding hydrogens is 160 g/mol. The zero-order chi connectivity index (χ0) is 9.78. The van der Waals surface area contributed by atoms with Crippen LogP contribution in [0.2, 0.25) is 0 Å². The van der Waals surface area contributed by atoms with Crippen LogP contribution in [0.15, 0.2) is 0 Å². The molecule has 1 N–H and O–H groups in total. The Morgan fingerprint density at radius 3 is 2.33 bits per heavy atom. The van der Waals surface area contributed by atoms with Crippen molar-refractivity contribution in [2.75, 3.05) is 0 Å². The molecule has 0 saturated heterocycles. The van der Waals surface area contributed by atoms with Crippen LogP contribution in [0.3, 0.4) is 0 Å².